The molecule has 0 aliphatic heterocycles. The molecule has 0 spiro atoms. The van der Waals surface area contributed by atoms with Crippen molar-refractivity contribution in [3.63, 3.8) is 0 Å². The van der Waals surface area contributed by atoms with Gasteiger partial charge in [0, 0.05) is 49.5 Å². The first-order valence-electron chi connectivity index (χ1n) is 4.35. The molecule has 0 saturated carbocycles. The minimum atomic E-state index is 0.607. The van der Waals surface area contributed by atoms with Crippen molar-refractivity contribution in [2.75, 3.05) is 13.1 Å². The first-order chi connectivity index (χ1) is 6.74. The van der Waals surface area contributed by atoms with E-state index in [1.165, 1.54) is 5.54 Å². The molecule has 0 aromatic carbocycles. The molecule has 0 atom stereocenters. The van der Waals surface area contributed by atoms with Gasteiger partial charge in [0.05, 0.1) is 0 Å². The van der Waals surface area contributed by atoms with E-state index in [0.29, 0.717) is 11.6 Å². The third-order valence-corrected chi connectivity index (χ3v) is 2.48. The highest BCUT2D eigenvalue weighted by Gasteiger charge is 1.98. The van der Waals surface area contributed by atoms with Gasteiger partial charge < -0.3 is 9.88 Å². The van der Waals surface area contributed by atoms with Crippen molar-refractivity contribution < 1.29 is 0 Å². The fourth-order valence-corrected chi connectivity index (χ4v) is 1.26. The van der Waals surface area contributed by atoms with E-state index < -0.39 is 0 Å². The molecule has 1 heterocycles. The number of hydrogen-bond acceptors (Lipinski definition) is 2. The lowest BCUT2D eigenvalue weighted by Gasteiger charge is -2.03. The average Bonchev–Trinajstić information content (AvgIpc) is 2.58. The molecule has 0 aliphatic carbocycles. The van der Waals surface area contributed by atoms with Gasteiger partial charge in [-0.2, -0.15) is 0 Å². The number of aryl methyl sites for hydroxylation is 1. The van der Waals surface area contributed by atoms with Gasteiger partial charge in [0.15, 0.2) is 0 Å². The van der Waals surface area contributed by atoms with Crippen LogP contribution in [0.1, 0.15) is 5.82 Å². The smallest absolute Gasteiger partial charge is 0.109 e. The topological polar surface area (TPSA) is 29.9 Å². The van der Waals surface area contributed by atoms with Gasteiger partial charge in [-0.25, -0.2) is 4.98 Å². The van der Waals surface area contributed by atoms with Gasteiger partial charge in [-0.15, -0.1) is 0 Å². The molecule has 0 bridgehead atoms. The van der Waals surface area contributed by atoms with Gasteiger partial charge in [-0.1, -0.05) is 23.2 Å². The molecule has 3 nitrogen and oxygen atoms in total. The maximum Gasteiger partial charge on any atom is 0.109 e. The molecule has 0 fully saturated rings. The Balaban J connectivity index is 2.20. The number of imidazole rings is 1. The Morgan fingerprint density at radius 1 is 1.71 bits per heavy atom. The SMILES string of the molecule is Cn1ccnc1CCNCC(Cl)=CCl. The largest absolute Gasteiger partial charge is 0.338 e. The highest BCUT2D eigenvalue weighted by atomic mass is 35.5. The molecule has 0 amide bonds. The molecule has 14 heavy (non-hydrogen) atoms. The van der Waals surface area contributed by atoms with Crippen LogP contribution in [0.25, 0.3) is 0 Å². The Kier molecular flexibility index (Phi) is 5.01. The average molecular weight is 234 g/mol. The Labute approximate surface area is 93.7 Å². The van der Waals surface area contributed by atoms with Crippen molar-refractivity contribution in [1.29, 1.82) is 0 Å². The zero-order valence-electron chi connectivity index (χ0n) is 8.00. The monoisotopic (exact) mass is 233 g/mol. The van der Waals surface area contributed by atoms with E-state index in [4.69, 9.17) is 23.2 Å². The van der Waals surface area contributed by atoms with Gasteiger partial charge in [-0.05, 0) is 0 Å². The molecule has 1 aromatic heterocycles. The number of nitrogens with one attached hydrogen (secondary N) is 1. The lowest BCUT2D eigenvalue weighted by molar-refractivity contribution is 0.690. The van der Waals surface area contributed by atoms with E-state index in [9.17, 15) is 0 Å². The first kappa shape index (κ1) is 11.6. The molecular formula is C9H13Cl2N3. The van der Waals surface area contributed by atoms with Gasteiger partial charge in [0.25, 0.3) is 0 Å². The van der Waals surface area contributed by atoms with Crippen LogP contribution in [0.15, 0.2) is 23.0 Å². The summed E-state index contributed by atoms with van der Waals surface area (Å²) in [5.74, 6) is 1.06. The van der Waals surface area contributed by atoms with Crippen molar-refractivity contribution in [3.8, 4) is 0 Å². The van der Waals surface area contributed by atoms with Crippen LogP contribution in [0.3, 0.4) is 0 Å². The number of nitrogens with zero attached hydrogens (tertiary/aromatic N) is 2. The summed E-state index contributed by atoms with van der Waals surface area (Å²) in [5, 5.41) is 3.78. The molecular weight excluding hydrogens is 221 g/mol. The van der Waals surface area contributed by atoms with Crippen LogP contribution >= 0.6 is 23.2 Å². The van der Waals surface area contributed by atoms with Crippen LogP contribution in [0, 0.1) is 0 Å². The fraction of sp³-hybridized carbons (Fsp3) is 0.444. The lowest BCUT2D eigenvalue weighted by Crippen LogP contribution is -2.19. The molecule has 0 saturated heterocycles. The van der Waals surface area contributed by atoms with Crippen LogP contribution in [-0.4, -0.2) is 22.6 Å². The van der Waals surface area contributed by atoms with Gasteiger partial charge in [-0.3, -0.25) is 0 Å². The maximum atomic E-state index is 5.70. The second kappa shape index (κ2) is 6.06. The minimum absolute atomic E-state index is 0.607. The molecule has 0 radical (unpaired) electrons. The number of aromatic nitrogens is 2. The van der Waals surface area contributed by atoms with Gasteiger partial charge in [0.2, 0.25) is 0 Å². The molecule has 1 N–H and O–H groups in total. The summed E-state index contributed by atoms with van der Waals surface area (Å²) in [4.78, 5) is 4.20. The van der Waals surface area contributed by atoms with Crippen LogP contribution in [-0.2, 0) is 13.5 Å². The van der Waals surface area contributed by atoms with Crippen LogP contribution in [0.5, 0.6) is 0 Å². The highest BCUT2D eigenvalue weighted by molar-refractivity contribution is 6.36. The lowest BCUT2D eigenvalue weighted by atomic mass is 10.4. The van der Waals surface area contributed by atoms with Crippen LogP contribution in [0.2, 0.25) is 0 Å². The summed E-state index contributed by atoms with van der Waals surface area (Å²) in [6.07, 6.45) is 4.61. The Morgan fingerprint density at radius 3 is 3.07 bits per heavy atom. The summed E-state index contributed by atoms with van der Waals surface area (Å²) in [6, 6.07) is 0. The van der Waals surface area contributed by atoms with E-state index in [-0.39, 0.29) is 0 Å². The normalized spacial score (nSPS) is 12.1. The first-order valence-corrected chi connectivity index (χ1v) is 5.17. The van der Waals surface area contributed by atoms with Crippen LogP contribution in [0.4, 0.5) is 0 Å². The predicted octanol–water partition coefficient (Wildman–Crippen LogP) is 1.87. The van der Waals surface area contributed by atoms with E-state index in [1.54, 1.807) is 6.20 Å². The van der Waals surface area contributed by atoms with Crippen molar-refractivity contribution in [2.45, 2.75) is 6.42 Å². The number of halogens is 2. The Hall–Kier alpha value is -0.510. The predicted molar refractivity (Wildman–Crippen MR) is 59.6 cm³/mol. The third kappa shape index (κ3) is 3.70. The van der Waals surface area contributed by atoms with Crippen molar-refractivity contribution in [2.24, 2.45) is 7.05 Å². The fourth-order valence-electron chi connectivity index (χ4n) is 1.08. The van der Waals surface area contributed by atoms with E-state index in [1.807, 2.05) is 17.8 Å². The minimum Gasteiger partial charge on any atom is -0.338 e. The van der Waals surface area contributed by atoms with Crippen molar-refractivity contribution in [1.82, 2.24) is 14.9 Å². The summed E-state index contributed by atoms with van der Waals surface area (Å²) >= 11 is 11.1. The zero-order chi connectivity index (χ0) is 10.4. The van der Waals surface area contributed by atoms with E-state index in [0.717, 1.165) is 18.8 Å². The number of rotatable bonds is 5. The van der Waals surface area contributed by atoms with Crippen molar-refractivity contribution >= 4 is 23.2 Å². The second-order valence-corrected chi connectivity index (χ2v) is 3.64. The number of hydrogen-bond donors (Lipinski definition) is 1. The molecule has 78 valence electrons. The summed E-state index contributed by atoms with van der Waals surface area (Å²) in [6.45, 7) is 1.45. The molecule has 1 rings (SSSR count). The highest BCUT2D eigenvalue weighted by Crippen LogP contribution is 2.00. The van der Waals surface area contributed by atoms with Gasteiger partial charge in [0.1, 0.15) is 5.82 Å². The molecule has 0 aliphatic rings. The van der Waals surface area contributed by atoms with Crippen molar-refractivity contribution in [3.05, 3.63) is 28.8 Å². The van der Waals surface area contributed by atoms with Gasteiger partial charge >= 0.3 is 0 Å². The Morgan fingerprint density at radius 2 is 2.50 bits per heavy atom. The quantitative estimate of drug-likeness (QED) is 0.788. The summed E-state index contributed by atoms with van der Waals surface area (Å²) < 4.78 is 2.00. The third-order valence-electron chi connectivity index (χ3n) is 1.86. The summed E-state index contributed by atoms with van der Waals surface area (Å²) in [7, 11) is 1.98. The standard InChI is InChI=1S/C9H13Cl2N3/c1-14-5-4-13-9(14)2-3-12-7-8(11)6-10/h4-6,12H,2-3,7H2,1H3. The Bertz CT molecular complexity index is 307. The second-order valence-electron chi connectivity index (χ2n) is 2.94. The molecule has 5 heteroatoms. The zero-order valence-corrected chi connectivity index (χ0v) is 9.52. The van der Waals surface area contributed by atoms with E-state index in [2.05, 4.69) is 10.3 Å². The molecule has 0 unspecified atom stereocenters. The maximum absolute atomic E-state index is 5.70. The summed E-state index contributed by atoms with van der Waals surface area (Å²) in [5.41, 5.74) is 1.37. The van der Waals surface area contributed by atoms with E-state index >= 15 is 0 Å². The molecule has 1 aromatic rings. The van der Waals surface area contributed by atoms with Crippen LogP contribution < -0.4 is 5.32 Å².